The number of hydrazine groups is 1. The van der Waals surface area contributed by atoms with Crippen LogP contribution < -0.4 is 11.3 Å². The summed E-state index contributed by atoms with van der Waals surface area (Å²) in [5.74, 6) is 5.71. The van der Waals surface area contributed by atoms with Crippen LogP contribution in [0.25, 0.3) is 0 Å². The first-order valence-corrected chi connectivity index (χ1v) is 7.78. The molecule has 0 atom stereocenters. The molecule has 0 saturated heterocycles. The summed E-state index contributed by atoms with van der Waals surface area (Å²) in [5.41, 5.74) is 2.18. The summed E-state index contributed by atoms with van der Waals surface area (Å²) in [5, 5.41) is 0. The van der Waals surface area contributed by atoms with Crippen molar-refractivity contribution in [3.63, 3.8) is 0 Å². The Hall–Kier alpha value is -0.610. The van der Waals surface area contributed by atoms with Crippen molar-refractivity contribution >= 4 is 5.91 Å². The molecule has 4 heteroatoms. The van der Waals surface area contributed by atoms with Crippen LogP contribution >= 0.6 is 0 Å². The van der Waals surface area contributed by atoms with Gasteiger partial charge in [-0.3, -0.25) is 10.2 Å². The first-order chi connectivity index (χ1) is 9.04. The van der Waals surface area contributed by atoms with Gasteiger partial charge in [-0.05, 0) is 38.1 Å². The maximum absolute atomic E-state index is 11.0. The van der Waals surface area contributed by atoms with Gasteiger partial charge < -0.3 is 4.90 Å². The molecule has 0 radical (unpaired) electrons. The number of carbonyl (C=O) groups is 1. The molecule has 0 fully saturated rings. The van der Waals surface area contributed by atoms with Crippen molar-refractivity contribution in [2.45, 2.75) is 72.3 Å². The number of nitrogens with one attached hydrogen (secondary N) is 1. The molecule has 0 rings (SSSR count). The molecule has 0 aliphatic carbocycles. The maximum atomic E-state index is 11.0. The Bertz CT molecular complexity index is 227. The van der Waals surface area contributed by atoms with Crippen molar-refractivity contribution in [3.8, 4) is 0 Å². The van der Waals surface area contributed by atoms with E-state index >= 15 is 0 Å². The molecule has 0 aliphatic rings. The zero-order chi connectivity index (χ0) is 14.7. The number of amides is 1. The minimum atomic E-state index is -0.0565. The van der Waals surface area contributed by atoms with Crippen LogP contribution in [0.5, 0.6) is 0 Å². The van der Waals surface area contributed by atoms with Gasteiger partial charge in [0.1, 0.15) is 0 Å². The Kier molecular flexibility index (Phi) is 10.9. The van der Waals surface area contributed by atoms with Gasteiger partial charge in [-0.25, -0.2) is 5.84 Å². The second kappa shape index (κ2) is 11.2. The molecule has 0 aromatic carbocycles. The van der Waals surface area contributed by atoms with E-state index in [1.165, 1.54) is 25.8 Å². The average molecular weight is 271 g/mol. The molecule has 1 amide bonds. The van der Waals surface area contributed by atoms with Gasteiger partial charge in [-0.15, -0.1) is 0 Å². The van der Waals surface area contributed by atoms with Crippen molar-refractivity contribution < 1.29 is 4.79 Å². The smallest absolute Gasteiger partial charge is 0.233 e. The highest BCUT2D eigenvalue weighted by molar-refractivity contribution is 5.74. The number of hydrogen-bond acceptors (Lipinski definition) is 3. The third-order valence-corrected chi connectivity index (χ3v) is 3.57. The standard InChI is InChI=1S/C15H33N3O/c1-5-14(6-2)18(12-13(3)4)11-9-7-8-10-15(19)17-16/h13-14H,5-12,16H2,1-4H3,(H,17,19). The Balaban J connectivity index is 3.95. The van der Waals surface area contributed by atoms with Crippen molar-refractivity contribution in [2.75, 3.05) is 13.1 Å². The topological polar surface area (TPSA) is 58.4 Å². The van der Waals surface area contributed by atoms with E-state index < -0.39 is 0 Å². The molecule has 4 nitrogen and oxygen atoms in total. The Labute approximate surface area is 119 Å². The van der Waals surface area contributed by atoms with E-state index in [0.29, 0.717) is 18.4 Å². The molecule has 0 aromatic heterocycles. The van der Waals surface area contributed by atoms with Crippen LogP contribution in [-0.4, -0.2) is 29.9 Å². The summed E-state index contributed by atoms with van der Waals surface area (Å²) in [7, 11) is 0. The summed E-state index contributed by atoms with van der Waals surface area (Å²) in [6, 6.07) is 0.703. The van der Waals surface area contributed by atoms with Crippen LogP contribution in [0.1, 0.15) is 66.2 Å². The molecule has 114 valence electrons. The van der Waals surface area contributed by atoms with E-state index in [2.05, 4.69) is 38.0 Å². The number of hydrogen-bond donors (Lipinski definition) is 2. The first kappa shape index (κ1) is 18.4. The van der Waals surface area contributed by atoms with Crippen LogP contribution in [0.4, 0.5) is 0 Å². The highest BCUT2D eigenvalue weighted by atomic mass is 16.2. The fourth-order valence-corrected chi connectivity index (χ4v) is 2.55. The van der Waals surface area contributed by atoms with Crippen LogP contribution in [0.3, 0.4) is 0 Å². The van der Waals surface area contributed by atoms with Crippen molar-refractivity contribution in [1.29, 1.82) is 0 Å². The summed E-state index contributed by atoms with van der Waals surface area (Å²) in [6.45, 7) is 11.4. The minimum Gasteiger partial charge on any atom is -0.300 e. The van der Waals surface area contributed by atoms with Crippen molar-refractivity contribution in [2.24, 2.45) is 11.8 Å². The lowest BCUT2D eigenvalue weighted by Crippen LogP contribution is -2.38. The minimum absolute atomic E-state index is 0.0565. The lowest BCUT2D eigenvalue weighted by molar-refractivity contribution is -0.121. The van der Waals surface area contributed by atoms with E-state index in [9.17, 15) is 4.79 Å². The lowest BCUT2D eigenvalue weighted by Gasteiger charge is -2.32. The van der Waals surface area contributed by atoms with Crippen LogP contribution in [-0.2, 0) is 4.79 Å². The van der Waals surface area contributed by atoms with E-state index in [-0.39, 0.29) is 5.91 Å². The molecule has 19 heavy (non-hydrogen) atoms. The molecular formula is C15H33N3O. The van der Waals surface area contributed by atoms with Gasteiger partial charge in [0.25, 0.3) is 0 Å². The van der Waals surface area contributed by atoms with E-state index in [1.54, 1.807) is 0 Å². The number of nitrogens with two attached hydrogens (primary N) is 1. The Morgan fingerprint density at radius 1 is 1.16 bits per heavy atom. The van der Waals surface area contributed by atoms with E-state index in [0.717, 1.165) is 19.4 Å². The maximum Gasteiger partial charge on any atom is 0.233 e. The van der Waals surface area contributed by atoms with Gasteiger partial charge in [-0.1, -0.05) is 34.1 Å². The number of nitrogens with zero attached hydrogens (tertiary/aromatic N) is 1. The fourth-order valence-electron chi connectivity index (χ4n) is 2.55. The summed E-state index contributed by atoms with van der Waals surface area (Å²) >= 11 is 0. The van der Waals surface area contributed by atoms with Crippen LogP contribution in [0, 0.1) is 5.92 Å². The van der Waals surface area contributed by atoms with E-state index in [4.69, 9.17) is 5.84 Å². The third-order valence-electron chi connectivity index (χ3n) is 3.57. The second-order valence-corrected chi connectivity index (χ2v) is 5.74. The zero-order valence-electron chi connectivity index (χ0n) is 13.2. The van der Waals surface area contributed by atoms with Crippen molar-refractivity contribution in [1.82, 2.24) is 10.3 Å². The van der Waals surface area contributed by atoms with Gasteiger partial charge in [-0.2, -0.15) is 0 Å². The predicted octanol–water partition coefficient (Wildman–Crippen LogP) is 2.68. The number of carbonyl (C=O) groups excluding carboxylic acids is 1. The molecule has 3 N–H and O–H groups in total. The van der Waals surface area contributed by atoms with Gasteiger partial charge in [0.2, 0.25) is 5.91 Å². The molecular weight excluding hydrogens is 238 g/mol. The summed E-state index contributed by atoms with van der Waals surface area (Å²) in [6.07, 6.45) is 6.19. The highest BCUT2D eigenvalue weighted by Crippen LogP contribution is 2.13. The van der Waals surface area contributed by atoms with Gasteiger partial charge in [0.15, 0.2) is 0 Å². The second-order valence-electron chi connectivity index (χ2n) is 5.74. The van der Waals surface area contributed by atoms with Gasteiger partial charge in [0.05, 0.1) is 0 Å². The molecule has 0 saturated carbocycles. The Morgan fingerprint density at radius 3 is 2.26 bits per heavy atom. The molecule has 0 aromatic rings. The molecule has 0 unspecified atom stereocenters. The molecule has 0 aliphatic heterocycles. The quantitative estimate of drug-likeness (QED) is 0.263. The Morgan fingerprint density at radius 2 is 1.79 bits per heavy atom. The van der Waals surface area contributed by atoms with Crippen LogP contribution in [0.2, 0.25) is 0 Å². The van der Waals surface area contributed by atoms with Crippen molar-refractivity contribution in [3.05, 3.63) is 0 Å². The third kappa shape index (κ3) is 9.00. The molecule has 0 heterocycles. The largest absolute Gasteiger partial charge is 0.300 e. The summed E-state index contributed by atoms with van der Waals surface area (Å²) in [4.78, 5) is 13.6. The van der Waals surface area contributed by atoms with Gasteiger partial charge in [0, 0.05) is 19.0 Å². The van der Waals surface area contributed by atoms with E-state index in [1.807, 2.05) is 0 Å². The predicted molar refractivity (Wildman–Crippen MR) is 81.6 cm³/mol. The monoisotopic (exact) mass is 271 g/mol. The number of unbranched alkanes of at least 4 members (excludes halogenated alkanes) is 2. The highest BCUT2D eigenvalue weighted by Gasteiger charge is 2.15. The molecule has 0 spiro atoms. The fraction of sp³-hybridized carbons (Fsp3) is 0.933. The SMILES string of the molecule is CCC(CC)N(CCCCCC(=O)NN)CC(C)C. The van der Waals surface area contributed by atoms with Gasteiger partial charge >= 0.3 is 0 Å². The normalized spacial score (nSPS) is 11.6. The first-order valence-electron chi connectivity index (χ1n) is 7.78. The van der Waals surface area contributed by atoms with Crippen LogP contribution in [0.15, 0.2) is 0 Å². The summed E-state index contributed by atoms with van der Waals surface area (Å²) < 4.78 is 0. The zero-order valence-corrected chi connectivity index (χ0v) is 13.2. The lowest BCUT2D eigenvalue weighted by atomic mass is 10.1. The number of rotatable bonds is 11. The molecule has 0 bridgehead atoms. The average Bonchev–Trinajstić information content (AvgIpc) is 2.38.